The van der Waals surface area contributed by atoms with Crippen LogP contribution in [0.15, 0.2) is 103 Å². The largest absolute Gasteiger partial charge is 0.491 e. The number of cyclic esters (lactones) is 1. The Morgan fingerprint density at radius 3 is 2.29 bits per heavy atom. The van der Waals surface area contributed by atoms with E-state index in [-0.39, 0.29) is 26.2 Å². The molecule has 7 rings (SSSR count). The quantitative estimate of drug-likeness (QED) is 0.166. The van der Waals surface area contributed by atoms with Crippen molar-refractivity contribution in [2.45, 2.75) is 36.1 Å². The number of carbonyl (C=O) groups excluding carboxylic acids is 3. The van der Waals surface area contributed by atoms with Crippen molar-refractivity contribution in [1.29, 1.82) is 0 Å². The molecule has 0 aromatic heterocycles. The average Bonchev–Trinajstić information content (AvgIpc) is 3.60. The van der Waals surface area contributed by atoms with Crippen LogP contribution in [0.1, 0.15) is 52.4 Å². The van der Waals surface area contributed by atoms with Gasteiger partial charge in [0, 0.05) is 17.7 Å². The standard InChI is InChI=1S/C39H35N3O7/c40-36(45)31-33-37(46)49-34(26-13-5-2-6-14-26)32(25-11-3-1-4-12-25)42(33)35(27-15-9-16-28(23-27)48-21-20-44)39(31)29-22-24(10-7-8-19-43)17-18-30(29)41-38(39)47/h1-6,9,11-18,22-23,31-35,43-44H,8,19-21H2,(H2,40,45)(H,41,47)/t31-,32-,33-,34+,35+,39-/m1/s1. The Balaban J connectivity index is 1.54. The lowest BCUT2D eigenvalue weighted by Crippen LogP contribution is -2.53. The van der Waals surface area contributed by atoms with E-state index in [9.17, 15) is 24.6 Å². The van der Waals surface area contributed by atoms with Crippen molar-refractivity contribution in [2.75, 3.05) is 25.1 Å². The van der Waals surface area contributed by atoms with E-state index in [1.807, 2.05) is 71.6 Å². The Bertz CT molecular complexity index is 1960. The molecule has 0 radical (unpaired) electrons. The number of hydrogen-bond acceptors (Lipinski definition) is 8. The van der Waals surface area contributed by atoms with Crippen LogP contribution in [0.2, 0.25) is 0 Å². The van der Waals surface area contributed by atoms with Crippen molar-refractivity contribution in [2.24, 2.45) is 11.7 Å². The number of morpholine rings is 1. The van der Waals surface area contributed by atoms with E-state index >= 15 is 0 Å². The number of benzene rings is 4. The average molecular weight is 658 g/mol. The topological polar surface area (TPSA) is 151 Å². The minimum Gasteiger partial charge on any atom is -0.491 e. The molecule has 0 saturated carbocycles. The number of carbonyl (C=O) groups is 3. The smallest absolute Gasteiger partial charge is 0.324 e. The zero-order chi connectivity index (χ0) is 34.1. The lowest BCUT2D eigenvalue weighted by molar-refractivity contribution is -0.178. The first-order valence-corrected chi connectivity index (χ1v) is 16.2. The zero-order valence-corrected chi connectivity index (χ0v) is 26.5. The highest BCUT2D eigenvalue weighted by Gasteiger charge is 2.73. The minimum atomic E-state index is -1.70. The van der Waals surface area contributed by atoms with Gasteiger partial charge in [-0.3, -0.25) is 19.3 Å². The van der Waals surface area contributed by atoms with Gasteiger partial charge in [-0.2, -0.15) is 0 Å². The van der Waals surface area contributed by atoms with Gasteiger partial charge in [0.25, 0.3) is 0 Å². The van der Waals surface area contributed by atoms with E-state index in [0.717, 1.165) is 11.1 Å². The van der Waals surface area contributed by atoms with Gasteiger partial charge in [-0.1, -0.05) is 84.6 Å². The molecule has 2 fully saturated rings. The number of rotatable bonds is 8. The van der Waals surface area contributed by atoms with Crippen LogP contribution >= 0.6 is 0 Å². The first-order valence-electron chi connectivity index (χ1n) is 16.2. The van der Waals surface area contributed by atoms with E-state index in [1.54, 1.807) is 36.4 Å². The maximum atomic E-state index is 14.8. The highest BCUT2D eigenvalue weighted by Crippen LogP contribution is 2.64. The van der Waals surface area contributed by atoms with E-state index < -0.39 is 53.3 Å². The summed E-state index contributed by atoms with van der Waals surface area (Å²) in [7, 11) is 0. The van der Waals surface area contributed by atoms with Crippen LogP contribution in [0.25, 0.3) is 0 Å². The third-order valence-electron chi connectivity index (χ3n) is 9.62. The molecule has 3 heterocycles. The van der Waals surface area contributed by atoms with Gasteiger partial charge < -0.3 is 30.7 Å². The molecule has 4 aromatic carbocycles. The number of ether oxygens (including phenoxy) is 2. The number of hydrogen-bond donors (Lipinski definition) is 4. The third kappa shape index (κ3) is 5.33. The second-order valence-corrected chi connectivity index (χ2v) is 12.3. The SMILES string of the molecule is NC(=O)[C@H]1[C@@H]2C(=O)O[C@@H](c3ccccc3)[C@@H](c3ccccc3)N2[C@@H](c2cccc(OCCO)c2)[C@]12C(=O)Nc1ccc(C#CCCO)cc12. The van der Waals surface area contributed by atoms with Crippen LogP contribution in [0.5, 0.6) is 5.75 Å². The molecule has 4 aromatic rings. The van der Waals surface area contributed by atoms with Crippen LogP contribution in [-0.4, -0.2) is 58.8 Å². The number of aliphatic hydroxyl groups is 2. The zero-order valence-electron chi connectivity index (χ0n) is 26.5. The fraction of sp³-hybridized carbons (Fsp3) is 0.256. The number of primary amides is 1. The van der Waals surface area contributed by atoms with Crippen molar-refractivity contribution in [3.8, 4) is 17.6 Å². The Morgan fingerprint density at radius 1 is 0.878 bits per heavy atom. The van der Waals surface area contributed by atoms with Crippen molar-refractivity contribution < 1.29 is 34.1 Å². The monoisotopic (exact) mass is 657 g/mol. The molecule has 0 unspecified atom stereocenters. The van der Waals surface area contributed by atoms with E-state index in [0.29, 0.717) is 28.1 Å². The molecule has 2 saturated heterocycles. The Morgan fingerprint density at radius 2 is 1.59 bits per heavy atom. The molecule has 248 valence electrons. The van der Waals surface area contributed by atoms with Gasteiger partial charge in [0.05, 0.1) is 31.2 Å². The van der Waals surface area contributed by atoms with Crippen LogP contribution in [0, 0.1) is 17.8 Å². The molecule has 5 N–H and O–H groups in total. The van der Waals surface area contributed by atoms with Gasteiger partial charge in [-0.15, -0.1) is 0 Å². The summed E-state index contributed by atoms with van der Waals surface area (Å²) >= 11 is 0. The summed E-state index contributed by atoms with van der Waals surface area (Å²) in [6.45, 7) is -0.263. The summed E-state index contributed by atoms with van der Waals surface area (Å²) in [5.41, 5.74) is 8.27. The fourth-order valence-electron chi connectivity index (χ4n) is 7.86. The number of nitrogens with two attached hydrogens (primary N) is 1. The maximum Gasteiger partial charge on any atom is 0.324 e. The number of nitrogens with zero attached hydrogens (tertiary/aromatic N) is 1. The van der Waals surface area contributed by atoms with Crippen molar-refractivity contribution in [3.63, 3.8) is 0 Å². The minimum absolute atomic E-state index is 0.0454. The molecule has 6 atom stereocenters. The second kappa shape index (κ2) is 13.2. The highest BCUT2D eigenvalue weighted by atomic mass is 16.6. The first kappa shape index (κ1) is 32.1. The molecule has 3 aliphatic rings. The van der Waals surface area contributed by atoms with Gasteiger partial charge in [0.15, 0.2) is 0 Å². The molecule has 49 heavy (non-hydrogen) atoms. The van der Waals surface area contributed by atoms with Gasteiger partial charge >= 0.3 is 5.97 Å². The second-order valence-electron chi connectivity index (χ2n) is 12.3. The molecule has 1 spiro atoms. The first-order chi connectivity index (χ1) is 23.9. The molecule has 10 nitrogen and oxygen atoms in total. The predicted molar refractivity (Wildman–Crippen MR) is 180 cm³/mol. The number of amides is 2. The summed E-state index contributed by atoms with van der Waals surface area (Å²) in [6.07, 6.45) is -0.541. The van der Waals surface area contributed by atoms with Gasteiger partial charge in [-0.05, 0) is 52.6 Å². The van der Waals surface area contributed by atoms with E-state index in [2.05, 4.69) is 17.2 Å². The molecule has 10 heteroatoms. The number of nitrogens with one attached hydrogen (secondary N) is 1. The van der Waals surface area contributed by atoms with Crippen molar-refractivity contribution in [1.82, 2.24) is 4.90 Å². The maximum absolute atomic E-state index is 14.8. The molecule has 3 aliphatic heterocycles. The molecule has 2 amide bonds. The van der Waals surface area contributed by atoms with Crippen molar-refractivity contribution >= 4 is 23.5 Å². The van der Waals surface area contributed by atoms with Crippen LogP contribution in [0.4, 0.5) is 5.69 Å². The lowest BCUT2D eigenvalue weighted by atomic mass is 9.65. The van der Waals surface area contributed by atoms with Crippen molar-refractivity contribution in [3.05, 3.63) is 131 Å². The lowest BCUT2D eigenvalue weighted by Gasteiger charge is -2.46. The Labute approximate surface area is 283 Å². The molecular weight excluding hydrogens is 622 g/mol. The predicted octanol–water partition coefficient (Wildman–Crippen LogP) is 3.55. The van der Waals surface area contributed by atoms with Crippen LogP contribution < -0.4 is 15.8 Å². The normalized spacial score (nSPS) is 25.5. The van der Waals surface area contributed by atoms with E-state index in [1.165, 1.54) is 0 Å². The van der Waals surface area contributed by atoms with Crippen LogP contribution in [-0.2, 0) is 24.5 Å². The Hall–Kier alpha value is -5.47. The van der Waals surface area contributed by atoms with Crippen LogP contribution in [0.3, 0.4) is 0 Å². The number of esters is 1. The molecule has 0 aliphatic carbocycles. The number of fused-ring (bicyclic) bond motifs is 3. The molecular formula is C39H35N3O7. The van der Waals surface area contributed by atoms with Gasteiger partial charge in [0.2, 0.25) is 11.8 Å². The summed E-state index contributed by atoms with van der Waals surface area (Å²) in [4.78, 5) is 45.1. The van der Waals surface area contributed by atoms with E-state index in [4.69, 9.17) is 15.2 Å². The summed E-state index contributed by atoms with van der Waals surface area (Å²) in [5, 5.41) is 21.8. The summed E-state index contributed by atoms with van der Waals surface area (Å²) in [6, 6.07) is 28.5. The summed E-state index contributed by atoms with van der Waals surface area (Å²) < 4.78 is 12.1. The number of aliphatic hydroxyl groups excluding tert-OH is 2. The number of anilines is 1. The van der Waals surface area contributed by atoms with Gasteiger partial charge in [0.1, 0.15) is 29.9 Å². The Kier molecular flexibility index (Phi) is 8.65. The highest BCUT2D eigenvalue weighted by molar-refractivity contribution is 6.12. The fourth-order valence-corrected chi connectivity index (χ4v) is 7.86. The third-order valence-corrected chi connectivity index (χ3v) is 9.62. The summed E-state index contributed by atoms with van der Waals surface area (Å²) in [5.74, 6) is 3.09. The van der Waals surface area contributed by atoms with Gasteiger partial charge in [-0.25, -0.2) is 0 Å². The molecule has 0 bridgehead atoms.